The van der Waals surface area contributed by atoms with E-state index >= 15 is 0 Å². The monoisotopic (exact) mass is 310 g/mol. The molecule has 0 bridgehead atoms. The fourth-order valence-corrected chi connectivity index (χ4v) is 2.82. The summed E-state index contributed by atoms with van der Waals surface area (Å²) in [6.07, 6.45) is 26.3. The Bertz CT molecular complexity index is 214. The minimum Gasteiger partial charge on any atom is -0.330 e. The molecule has 4 N–H and O–H groups in total. The van der Waals surface area contributed by atoms with E-state index in [1.54, 1.807) is 0 Å². The van der Waals surface area contributed by atoms with Crippen LogP contribution in [0, 0.1) is 0 Å². The van der Waals surface area contributed by atoms with E-state index in [4.69, 9.17) is 11.5 Å². The van der Waals surface area contributed by atoms with Crippen LogP contribution >= 0.6 is 0 Å². The van der Waals surface area contributed by atoms with Gasteiger partial charge in [0.2, 0.25) is 0 Å². The molecule has 0 heterocycles. The zero-order valence-electron chi connectivity index (χ0n) is 15.0. The van der Waals surface area contributed by atoms with Crippen molar-refractivity contribution in [3.8, 4) is 0 Å². The summed E-state index contributed by atoms with van der Waals surface area (Å²) in [6, 6.07) is 0. The van der Waals surface area contributed by atoms with E-state index in [1.165, 1.54) is 103 Å². The molecular weight excluding hydrogens is 268 g/mol. The maximum absolute atomic E-state index is 5.49. The van der Waals surface area contributed by atoms with Gasteiger partial charge in [-0.15, -0.1) is 0 Å². The maximum atomic E-state index is 5.49. The first kappa shape index (κ1) is 21.7. The normalized spacial score (nSPS) is 11.5. The quantitative estimate of drug-likeness (QED) is 0.252. The fourth-order valence-electron chi connectivity index (χ4n) is 2.82. The van der Waals surface area contributed by atoms with Crippen LogP contribution in [0.1, 0.15) is 103 Å². The Kier molecular flexibility index (Phi) is 20.3. The molecule has 0 aromatic rings. The zero-order valence-corrected chi connectivity index (χ0v) is 15.0. The first-order valence-electron chi connectivity index (χ1n) is 9.97. The summed E-state index contributed by atoms with van der Waals surface area (Å²) in [5.74, 6) is 0. The van der Waals surface area contributed by atoms with Crippen LogP contribution < -0.4 is 11.5 Å². The van der Waals surface area contributed by atoms with E-state index in [0.717, 1.165) is 13.1 Å². The SMILES string of the molecule is NCCCCCCCCC=CCCCCCCCCCCN. The predicted molar refractivity (Wildman–Crippen MR) is 101 cm³/mol. The Balaban J connectivity index is 3.02. The Morgan fingerprint density at radius 1 is 0.364 bits per heavy atom. The van der Waals surface area contributed by atoms with E-state index in [2.05, 4.69) is 12.2 Å². The van der Waals surface area contributed by atoms with Gasteiger partial charge in [-0.25, -0.2) is 0 Å². The number of nitrogens with two attached hydrogens (primary N) is 2. The van der Waals surface area contributed by atoms with E-state index in [0.29, 0.717) is 0 Å². The highest BCUT2D eigenvalue weighted by Gasteiger charge is 1.92. The lowest BCUT2D eigenvalue weighted by atomic mass is 10.1. The molecule has 0 atom stereocenters. The zero-order chi connectivity index (χ0) is 16.1. The van der Waals surface area contributed by atoms with Gasteiger partial charge in [0.15, 0.2) is 0 Å². The molecule has 0 aliphatic rings. The molecule has 2 nitrogen and oxygen atoms in total. The number of unbranched alkanes of at least 4 members (excludes halogenated alkanes) is 14. The van der Waals surface area contributed by atoms with Crippen LogP contribution in [0.25, 0.3) is 0 Å². The van der Waals surface area contributed by atoms with Crippen molar-refractivity contribution in [1.82, 2.24) is 0 Å². The third-order valence-corrected chi connectivity index (χ3v) is 4.32. The molecule has 0 fully saturated rings. The van der Waals surface area contributed by atoms with Crippen molar-refractivity contribution < 1.29 is 0 Å². The van der Waals surface area contributed by atoms with E-state index in [9.17, 15) is 0 Å². The second-order valence-corrected chi connectivity index (χ2v) is 6.58. The van der Waals surface area contributed by atoms with Crippen molar-refractivity contribution in [1.29, 1.82) is 0 Å². The lowest BCUT2D eigenvalue weighted by molar-refractivity contribution is 0.571. The number of hydrogen-bond acceptors (Lipinski definition) is 2. The Hall–Kier alpha value is -0.340. The average molecular weight is 311 g/mol. The van der Waals surface area contributed by atoms with Crippen LogP contribution in [-0.2, 0) is 0 Å². The van der Waals surface area contributed by atoms with Crippen LogP contribution in [0.4, 0.5) is 0 Å². The fraction of sp³-hybridized carbons (Fsp3) is 0.900. The van der Waals surface area contributed by atoms with Crippen molar-refractivity contribution in [2.75, 3.05) is 13.1 Å². The molecule has 0 rings (SSSR count). The summed E-state index contributed by atoms with van der Waals surface area (Å²) in [5, 5.41) is 0. The first-order valence-corrected chi connectivity index (χ1v) is 9.97. The van der Waals surface area contributed by atoms with Gasteiger partial charge in [-0.3, -0.25) is 0 Å². The molecule has 0 spiro atoms. The molecule has 0 saturated carbocycles. The van der Waals surface area contributed by atoms with Crippen molar-refractivity contribution in [2.45, 2.75) is 103 Å². The van der Waals surface area contributed by atoms with E-state index in [-0.39, 0.29) is 0 Å². The van der Waals surface area contributed by atoms with Crippen molar-refractivity contribution >= 4 is 0 Å². The average Bonchev–Trinajstić information content (AvgIpc) is 2.54. The molecule has 2 heteroatoms. The predicted octanol–water partition coefficient (Wildman–Crippen LogP) is 5.70. The summed E-state index contributed by atoms with van der Waals surface area (Å²) in [4.78, 5) is 0. The highest BCUT2D eigenvalue weighted by atomic mass is 14.5. The maximum Gasteiger partial charge on any atom is -0.00773 e. The van der Waals surface area contributed by atoms with Crippen molar-refractivity contribution in [3.63, 3.8) is 0 Å². The van der Waals surface area contributed by atoms with Gasteiger partial charge in [-0.2, -0.15) is 0 Å². The largest absolute Gasteiger partial charge is 0.330 e. The number of hydrogen-bond donors (Lipinski definition) is 2. The smallest absolute Gasteiger partial charge is 0.00773 e. The number of allylic oxidation sites excluding steroid dienone is 2. The molecule has 0 amide bonds. The second-order valence-electron chi connectivity index (χ2n) is 6.58. The Morgan fingerprint density at radius 2 is 0.636 bits per heavy atom. The summed E-state index contributed by atoms with van der Waals surface area (Å²) in [6.45, 7) is 1.72. The van der Waals surface area contributed by atoms with Gasteiger partial charge in [0.05, 0.1) is 0 Å². The third-order valence-electron chi connectivity index (χ3n) is 4.32. The molecule has 132 valence electrons. The summed E-state index contributed by atoms with van der Waals surface area (Å²) in [7, 11) is 0. The first-order chi connectivity index (χ1) is 10.9. The van der Waals surface area contributed by atoms with Crippen LogP contribution in [0.2, 0.25) is 0 Å². The van der Waals surface area contributed by atoms with Crippen molar-refractivity contribution in [3.05, 3.63) is 12.2 Å². The molecule has 22 heavy (non-hydrogen) atoms. The van der Waals surface area contributed by atoms with E-state index in [1.807, 2.05) is 0 Å². The molecule has 0 unspecified atom stereocenters. The molecule has 0 aromatic heterocycles. The lowest BCUT2D eigenvalue weighted by Gasteiger charge is -2.01. The van der Waals surface area contributed by atoms with Crippen LogP contribution in [0.5, 0.6) is 0 Å². The van der Waals surface area contributed by atoms with Crippen molar-refractivity contribution in [2.24, 2.45) is 11.5 Å². The van der Waals surface area contributed by atoms with Crippen LogP contribution in [0.3, 0.4) is 0 Å². The second kappa shape index (κ2) is 20.7. The van der Waals surface area contributed by atoms with Gasteiger partial charge < -0.3 is 11.5 Å². The molecule has 0 radical (unpaired) electrons. The third kappa shape index (κ3) is 19.7. The molecule has 0 aliphatic heterocycles. The standard InChI is InChI=1S/C20H42N2/c21-19-17-15-13-11-9-7-5-3-1-2-4-6-8-10-12-14-16-18-20-22/h1,3H,2,4-22H2. The highest BCUT2D eigenvalue weighted by Crippen LogP contribution is 2.10. The summed E-state index contributed by atoms with van der Waals surface area (Å²) in [5.41, 5.74) is 11.0. The number of rotatable bonds is 18. The molecule has 0 aromatic carbocycles. The lowest BCUT2D eigenvalue weighted by Crippen LogP contribution is -1.97. The van der Waals surface area contributed by atoms with Gasteiger partial charge in [-0.1, -0.05) is 76.4 Å². The highest BCUT2D eigenvalue weighted by molar-refractivity contribution is 4.81. The summed E-state index contributed by atoms with van der Waals surface area (Å²) >= 11 is 0. The Labute approximate surface area is 140 Å². The van der Waals surface area contributed by atoms with Gasteiger partial charge in [0.25, 0.3) is 0 Å². The van der Waals surface area contributed by atoms with Gasteiger partial charge in [0.1, 0.15) is 0 Å². The topological polar surface area (TPSA) is 52.0 Å². The van der Waals surface area contributed by atoms with Crippen LogP contribution in [0.15, 0.2) is 12.2 Å². The molecule has 0 saturated heterocycles. The van der Waals surface area contributed by atoms with E-state index < -0.39 is 0 Å². The van der Waals surface area contributed by atoms with Crippen LogP contribution in [-0.4, -0.2) is 13.1 Å². The molecule has 0 aliphatic carbocycles. The van der Waals surface area contributed by atoms with Gasteiger partial charge in [-0.05, 0) is 51.6 Å². The van der Waals surface area contributed by atoms with Gasteiger partial charge >= 0.3 is 0 Å². The Morgan fingerprint density at radius 3 is 0.955 bits per heavy atom. The minimum absolute atomic E-state index is 0.858. The minimum atomic E-state index is 0.858. The summed E-state index contributed by atoms with van der Waals surface area (Å²) < 4.78 is 0. The van der Waals surface area contributed by atoms with Gasteiger partial charge in [0, 0.05) is 0 Å². The molecular formula is C20H42N2.